The molecule has 3 heterocycles. The van der Waals surface area contributed by atoms with Gasteiger partial charge in [0.1, 0.15) is 0 Å². The van der Waals surface area contributed by atoms with E-state index in [9.17, 15) is 13.2 Å². The Balaban J connectivity index is 1.54. The Hall–Kier alpha value is -2.78. The topological polar surface area (TPSA) is 96.7 Å². The van der Waals surface area contributed by atoms with Gasteiger partial charge in [0.25, 0.3) is 5.91 Å². The summed E-state index contributed by atoms with van der Waals surface area (Å²) < 4.78 is 29.4. The van der Waals surface area contributed by atoms with Gasteiger partial charge in [-0.15, -0.1) is 10.2 Å². The maximum atomic E-state index is 13.0. The van der Waals surface area contributed by atoms with Gasteiger partial charge in [-0.2, -0.15) is 4.31 Å². The molecule has 1 aromatic carbocycles. The molecule has 0 atom stereocenters. The van der Waals surface area contributed by atoms with E-state index < -0.39 is 10.0 Å². The van der Waals surface area contributed by atoms with E-state index in [1.165, 1.54) is 10.4 Å². The Morgan fingerprint density at radius 3 is 2.69 bits per heavy atom. The maximum Gasteiger partial charge on any atom is 0.251 e. The van der Waals surface area contributed by atoms with Crippen LogP contribution in [-0.4, -0.2) is 46.3 Å². The first-order valence-electron chi connectivity index (χ1n) is 9.64. The second-order valence-corrected chi connectivity index (χ2v) is 9.08. The minimum absolute atomic E-state index is 0.187. The molecule has 0 aliphatic carbocycles. The predicted molar refractivity (Wildman–Crippen MR) is 108 cm³/mol. The number of carbonyl (C=O) groups excluding carboxylic acids is 1. The molecule has 1 aliphatic rings. The van der Waals surface area contributed by atoms with Crippen molar-refractivity contribution >= 4 is 21.6 Å². The number of nitrogens with one attached hydrogen (secondary N) is 1. The van der Waals surface area contributed by atoms with Crippen LogP contribution in [0.1, 0.15) is 41.0 Å². The number of piperidine rings is 1. The molecule has 9 heteroatoms. The van der Waals surface area contributed by atoms with Gasteiger partial charge in [0, 0.05) is 24.8 Å². The SMILES string of the molecule is Cc1ccc(C(=O)NCc2nnc3ccccn23)cc1S(=O)(=O)N1CCCCC1. The van der Waals surface area contributed by atoms with Gasteiger partial charge < -0.3 is 5.32 Å². The summed E-state index contributed by atoms with van der Waals surface area (Å²) in [5.74, 6) is 0.245. The standard InChI is InChI=1S/C20H23N5O3S/c1-15-8-9-16(13-17(15)29(27,28)24-10-4-2-5-11-24)20(26)21-14-19-23-22-18-7-3-6-12-25(18)19/h3,6-9,12-13H,2,4-5,10-11,14H2,1H3,(H,21,26). The lowest BCUT2D eigenvalue weighted by atomic mass is 10.1. The number of aryl methyl sites for hydroxylation is 1. The Morgan fingerprint density at radius 1 is 1.10 bits per heavy atom. The quantitative estimate of drug-likeness (QED) is 0.691. The minimum Gasteiger partial charge on any atom is -0.345 e. The molecule has 2 aromatic heterocycles. The predicted octanol–water partition coefficient (Wildman–Crippen LogP) is 2.14. The molecule has 0 radical (unpaired) electrons. The highest BCUT2D eigenvalue weighted by Gasteiger charge is 2.28. The van der Waals surface area contributed by atoms with Crippen LogP contribution in [0.25, 0.3) is 5.65 Å². The number of hydrogen-bond donors (Lipinski definition) is 1. The van der Waals surface area contributed by atoms with Crippen molar-refractivity contribution in [1.29, 1.82) is 0 Å². The zero-order chi connectivity index (χ0) is 20.4. The van der Waals surface area contributed by atoms with Crippen LogP contribution in [0.15, 0.2) is 47.5 Å². The molecular formula is C20H23N5O3S. The number of hydrogen-bond acceptors (Lipinski definition) is 5. The first-order chi connectivity index (χ1) is 14.0. The fourth-order valence-corrected chi connectivity index (χ4v) is 5.30. The summed E-state index contributed by atoms with van der Waals surface area (Å²) in [4.78, 5) is 12.9. The highest BCUT2D eigenvalue weighted by atomic mass is 32.2. The zero-order valence-electron chi connectivity index (χ0n) is 16.2. The molecule has 1 saturated heterocycles. The van der Waals surface area contributed by atoms with Crippen LogP contribution in [-0.2, 0) is 16.6 Å². The van der Waals surface area contributed by atoms with E-state index in [-0.39, 0.29) is 17.3 Å². The summed E-state index contributed by atoms with van der Waals surface area (Å²) in [6, 6.07) is 10.3. The van der Waals surface area contributed by atoms with Gasteiger partial charge in [0.15, 0.2) is 11.5 Å². The zero-order valence-corrected chi connectivity index (χ0v) is 17.0. The van der Waals surface area contributed by atoms with E-state index in [0.29, 0.717) is 35.7 Å². The smallest absolute Gasteiger partial charge is 0.251 e. The first-order valence-corrected chi connectivity index (χ1v) is 11.1. The summed E-state index contributed by atoms with van der Waals surface area (Å²) in [5, 5.41) is 10.9. The van der Waals surface area contributed by atoms with Gasteiger partial charge in [-0.3, -0.25) is 9.20 Å². The largest absolute Gasteiger partial charge is 0.345 e. The molecule has 0 spiro atoms. The lowest BCUT2D eigenvalue weighted by molar-refractivity contribution is 0.0949. The van der Waals surface area contributed by atoms with Gasteiger partial charge >= 0.3 is 0 Å². The van der Waals surface area contributed by atoms with Gasteiger partial charge in [0.05, 0.1) is 11.4 Å². The van der Waals surface area contributed by atoms with E-state index in [1.54, 1.807) is 23.5 Å². The normalized spacial score (nSPS) is 15.5. The lowest BCUT2D eigenvalue weighted by Gasteiger charge is -2.26. The molecule has 8 nitrogen and oxygen atoms in total. The van der Waals surface area contributed by atoms with Crippen molar-refractivity contribution in [2.75, 3.05) is 13.1 Å². The lowest BCUT2D eigenvalue weighted by Crippen LogP contribution is -2.36. The van der Waals surface area contributed by atoms with Crippen LogP contribution in [0.3, 0.4) is 0 Å². The Bertz CT molecular complexity index is 1150. The molecule has 0 unspecified atom stereocenters. The molecule has 0 saturated carbocycles. The Kier molecular flexibility index (Phi) is 5.33. The van der Waals surface area contributed by atoms with Crippen LogP contribution in [0.4, 0.5) is 0 Å². The molecule has 29 heavy (non-hydrogen) atoms. The van der Waals surface area contributed by atoms with E-state index in [0.717, 1.165) is 19.3 Å². The van der Waals surface area contributed by atoms with Crippen molar-refractivity contribution in [3.05, 3.63) is 59.5 Å². The number of sulfonamides is 1. The number of pyridine rings is 1. The number of carbonyl (C=O) groups is 1. The van der Waals surface area contributed by atoms with E-state index in [4.69, 9.17) is 0 Å². The van der Waals surface area contributed by atoms with Gasteiger partial charge in [0.2, 0.25) is 10.0 Å². The molecule has 1 aliphatic heterocycles. The number of amides is 1. The van der Waals surface area contributed by atoms with E-state index >= 15 is 0 Å². The fourth-order valence-electron chi connectivity index (χ4n) is 3.54. The van der Waals surface area contributed by atoms with Crippen molar-refractivity contribution in [3.63, 3.8) is 0 Å². The summed E-state index contributed by atoms with van der Waals surface area (Å²) in [6.07, 6.45) is 4.60. The van der Waals surface area contributed by atoms with Crippen molar-refractivity contribution in [2.45, 2.75) is 37.6 Å². The molecule has 1 N–H and O–H groups in total. The second kappa shape index (κ2) is 7.92. The van der Waals surface area contributed by atoms with Crippen molar-refractivity contribution in [2.24, 2.45) is 0 Å². The Labute approximate surface area is 169 Å². The number of fused-ring (bicyclic) bond motifs is 1. The van der Waals surface area contributed by atoms with Gasteiger partial charge in [-0.05, 0) is 49.6 Å². The molecule has 1 amide bonds. The third-order valence-electron chi connectivity index (χ3n) is 5.17. The Morgan fingerprint density at radius 2 is 1.90 bits per heavy atom. The molecule has 3 aromatic rings. The molecule has 4 rings (SSSR count). The van der Waals surface area contributed by atoms with Crippen LogP contribution in [0.2, 0.25) is 0 Å². The first kappa shape index (κ1) is 19.5. The van der Waals surface area contributed by atoms with Crippen LogP contribution in [0, 0.1) is 6.92 Å². The summed E-state index contributed by atoms with van der Waals surface area (Å²) in [5.41, 5.74) is 1.64. The third-order valence-corrected chi connectivity index (χ3v) is 7.22. The van der Waals surface area contributed by atoms with E-state index in [2.05, 4.69) is 15.5 Å². The number of nitrogens with zero attached hydrogens (tertiary/aromatic N) is 4. The monoisotopic (exact) mass is 413 g/mol. The summed E-state index contributed by atoms with van der Waals surface area (Å²) in [6.45, 7) is 2.99. The van der Waals surface area contributed by atoms with Crippen molar-refractivity contribution in [1.82, 2.24) is 24.2 Å². The average molecular weight is 414 g/mol. The third kappa shape index (κ3) is 3.88. The maximum absolute atomic E-state index is 13.0. The highest BCUT2D eigenvalue weighted by Crippen LogP contribution is 2.24. The number of rotatable bonds is 5. The molecule has 152 valence electrons. The highest BCUT2D eigenvalue weighted by molar-refractivity contribution is 7.89. The molecular weight excluding hydrogens is 390 g/mol. The summed E-state index contributed by atoms with van der Waals surface area (Å²) in [7, 11) is -3.61. The number of aromatic nitrogens is 3. The molecule has 1 fully saturated rings. The fraction of sp³-hybridized carbons (Fsp3) is 0.350. The van der Waals surface area contributed by atoms with E-state index in [1.807, 2.05) is 24.4 Å². The second-order valence-electron chi connectivity index (χ2n) is 7.17. The van der Waals surface area contributed by atoms with Crippen LogP contribution in [0.5, 0.6) is 0 Å². The van der Waals surface area contributed by atoms with Crippen LogP contribution < -0.4 is 5.32 Å². The summed E-state index contributed by atoms with van der Waals surface area (Å²) >= 11 is 0. The van der Waals surface area contributed by atoms with Crippen molar-refractivity contribution in [3.8, 4) is 0 Å². The van der Waals surface area contributed by atoms with Gasteiger partial charge in [-0.25, -0.2) is 8.42 Å². The van der Waals surface area contributed by atoms with Gasteiger partial charge in [-0.1, -0.05) is 18.6 Å². The minimum atomic E-state index is -3.61. The van der Waals surface area contributed by atoms with Crippen molar-refractivity contribution < 1.29 is 13.2 Å². The number of benzene rings is 1. The van der Waals surface area contributed by atoms with Crippen LogP contribution >= 0.6 is 0 Å². The molecule has 0 bridgehead atoms. The average Bonchev–Trinajstić information content (AvgIpc) is 3.16.